The van der Waals surface area contributed by atoms with Gasteiger partial charge in [-0.3, -0.25) is 29.9 Å². The van der Waals surface area contributed by atoms with Crippen molar-refractivity contribution in [3.63, 3.8) is 0 Å². The van der Waals surface area contributed by atoms with Crippen LogP contribution >= 0.6 is 0 Å². The van der Waals surface area contributed by atoms with E-state index in [1.54, 1.807) is 26.3 Å². The summed E-state index contributed by atoms with van der Waals surface area (Å²) in [5, 5.41) is 6.95. The van der Waals surface area contributed by atoms with Gasteiger partial charge in [0.25, 0.3) is 11.8 Å². The normalized spacial score (nSPS) is 16.9. The minimum atomic E-state index is -4.48. The van der Waals surface area contributed by atoms with Gasteiger partial charge in [0, 0.05) is 38.4 Å². The van der Waals surface area contributed by atoms with Gasteiger partial charge in [0.1, 0.15) is 11.3 Å². The van der Waals surface area contributed by atoms with E-state index in [1.807, 2.05) is 12.1 Å². The molecule has 1 fully saturated rings. The number of alkyl halides is 3. The number of nitrogens with one attached hydrogen (secondary N) is 3. The molecule has 0 saturated carbocycles. The minimum absolute atomic E-state index is 0.0268. The van der Waals surface area contributed by atoms with Crippen LogP contribution in [0.1, 0.15) is 27.9 Å². The summed E-state index contributed by atoms with van der Waals surface area (Å²) >= 11 is 0. The third kappa shape index (κ3) is 6.08. The first-order chi connectivity index (χ1) is 18.9. The van der Waals surface area contributed by atoms with Crippen LogP contribution in [0.2, 0.25) is 0 Å². The number of carbonyl (C=O) groups is 3. The predicted octanol–water partition coefficient (Wildman–Crippen LogP) is 3.56. The van der Waals surface area contributed by atoms with Gasteiger partial charge in [-0.1, -0.05) is 18.2 Å². The molecule has 2 aromatic carbocycles. The van der Waals surface area contributed by atoms with Crippen LogP contribution in [0, 0.1) is 5.41 Å². The highest BCUT2D eigenvalue weighted by molar-refractivity contribution is 6.01. The molecule has 1 atom stereocenters. The van der Waals surface area contributed by atoms with Crippen molar-refractivity contribution in [2.24, 2.45) is 12.5 Å². The number of hydrogen-bond acceptors (Lipinski definition) is 6. The molecule has 0 aliphatic carbocycles. The number of hydrogen-bond donors (Lipinski definition) is 3. The summed E-state index contributed by atoms with van der Waals surface area (Å²) in [4.78, 5) is 40.3. The van der Waals surface area contributed by atoms with Crippen molar-refractivity contribution >= 4 is 29.2 Å². The molecule has 0 bridgehead atoms. The molecule has 3 N–H and O–H groups in total. The summed E-state index contributed by atoms with van der Waals surface area (Å²) < 4.78 is 45.0. The lowest BCUT2D eigenvalue weighted by molar-refractivity contribution is -0.137. The molecule has 1 aliphatic heterocycles. The van der Waals surface area contributed by atoms with Crippen molar-refractivity contribution < 1.29 is 32.3 Å². The number of ether oxygens (including phenoxy) is 1. The Labute approximate surface area is 227 Å². The number of benzene rings is 2. The van der Waals surface area contributed by atoms with Gasteiger partial charge in [-0.15, -0.1) is 6.58 Å². The Morgan fingerprint density at radius 2 is 1.80 bits per heavy atom. The number of likely N-dealkylation sites (tertiary alicyclic amines) is 1. The van der Waals surface area contributed by atoms with Crippen molar-refractivity contribution in [2.45, 2.75) is 19.1 Å². The number of carbonyl (C=O) groups excluding carboxylic acids is 3. The summed E-state index contributed by atoms with van der Waals surface area (Å²) in [5.74, 6) is -0.850. The topological polar surface area (TPSA) is 118 Å². The second kappa shape index (κ2) is 11.1. The average Bonchev–Trinajstić information content (AvgIpc) is 3.46. The van der Waals surface area contributed by atoms with E-state index in [0.717, 1.165) is 17.7 Å². The lowest BCUT2D eigenvalue weighted by Gasteiger charge is -2.24. The zero-order valence-corrected chi connectivity index (χ0v) is 21.7. The Bertz CT molecular complexity index is 1420. The van der Waals surface area contributed by atoms with Gasteiger partial charge in [0.15, 0.2) is 5.82 Å². The highest BCUT2D eigenvalue weighted by atomic mass is 19.4. The van der Waals surface area contributed by atoms with Gasteiger partial charge >= 0.3 is 6.18 Å². The number of amides is 3. The minimum Gasteiger partial charge on any atom is -0.497 e. The van der Waals surface area contributed by atoms with Crippen LogP contribution < -0.4 is 20.9 Å². The Balaban J connectivity index is 1.40. The fraction of sp³-hybridized carbons (Fsp3) is 0.259. The second-order valence-corrected chi connectivity index (χ2v) is 9.31. The van der Waals surface area contributed by atoms with Crippen molar-refractivity contribution in [1.29, 1.82) is 0 Å². The van der Waals surface area contributed by atoms with Crippen LogP contribution in [0.15, 0.2) is 67.4 Å². The third-order valence-corrected chi connectivity index (χ3v) is 6.51. The van der Waals surface area contributed by atoms with Gasteiger partial charge in [0.05, 0.1) is 18.1 Å². The molecule has 0 radical (unpaired) electrons. The smallest absolute Gasteiger partial charge is 0.416 e. The number of nitrogens with zero attached hydrogens (tertiary/aromatic N) is 3. The van der Waals surface area contributed by atoms with Crippen LogP contribution in [0.5, 0.6) is 5.75 Å². The monoisotopic (exact) mass is 556 g/mol. The SMILES string of the molecule is C=CC1(C(=O)NNC(=O)c2cn(C)nc2Nc2ccc(C(F)(F)F)cc2)CC(=O)N(Cc2ccc(OC)cc2)C1. The lowest BCUT2D eigenvalue weighted by Crippen LogP contribution is -2.49. The van der Waals surface area contributed by atoms with Crippen LogP contribution in [-0.4, -0.2) is 46.1 Å². The molecule has 1 aliphatic rings. The molecule has 2 heterocycles. The summed E-state index contributed by atoms with van der Waals surface area (Å²) in [6.07, 6.45) is -1.83. The van der Waals surface area contributed by atoms with E-state index in [9.17, 15) is 27.6 Å². The van der Waals surface area contributed by atoms with Crippen molar-refractivity contribution in [3.05, 3.63) is 84.1 Å². The molecule has 4 rings (SSSR count). The summed E-state index contributed by atoms with van der Waals surface area (Å²) in [5.41, 5.74) is 3.76. The number of aryl methyl sites for hydroxylation is 1. The van der Waals surface area contributed by atoms with Gasteiger partial charge in [-0.05, 0) is 42.0 Å². The van der Waals surface area contributed by atoms with E-state index in [-0.39, 0.29) is 42.5 Å². The Hall–Kier alpha value is -4.81. The van der Waals surface area contributed by atoms with Crippen molar-refractivity contribution in [1.82, 2.24) is 25.5 Å². The maximum absolute atomic E-state index is 13.1. The first-order valence-corrected chi connectivity index (χ1v) is 12.1. The maximum atomic E-state index is 13.1. The van der Waals surface area contributed by atoms with Gasteiger partial charge in [0.2, 0.25) is 5.91 Å². The maximum Gasteiger partial charge on any atom is 0.416 e. The van der Waals surface area contributed by atoms with Gasteiger partial charge in [-0.2, -0.15) is 18.3 Å². The van der Waals surface area contributed by atoms with E-state index >= 15 is 0 Å². The number of anilines is 2. The highest BCUT2D eigenvalue weighted by Gasteiger charge is 2.47. The van der Waals surface area contributed by atoms with Crippen molar-refractivity contribution in [2.75, 3.05) is 19.0 Å². The summed E-state index contributed by atoms with van der Waals surface area (Å²) in [7, 11) is 3.11. The highest BCUT2D eigenvalue weighted by Crippen LogP contribution is 2.34. The first kappa shape index (κ1) is 28.2. The molecule has 1 unspecified atom stereocenters. The van der Waals surface area contributed by atoms with Crippen LogP contribution in [0.3, 0.4) is 0 Å². The van der Waals surface area contributed by atoms with Crippen LogP contribution in [-0.2, 0) is 29.4 Å². The number of hydrazine groups is 1. The zero-order valence-electron chi connectivity index (χ0n) is 21.7. The molecule has 1 aromatic heterocycles. The third-order valence-electron chi connectivity index (χ3n) is 6.51. The molecular weight excluding hydrogens is 529 g/mol. The van der Waals surface area contributed by atoms with E-state index in [2.05, 4.69) is 27.8 Å². The van der Waals surface area contributed by atoms with Crippen LogP contribution in [0.4, 0.5) is 24.7 Å². The summed E-state index contributed by atoms with van der Waals surface area (Å²) in [6, 6.07) is 11.4. The van der Waals surface area contributed by atoms with Crippen LogP contribution in [0.25, 0.3) is 0 Å². The van der Waals surface area contributed by atoms with E-state index in [4.69, 9.17) is 4.74 Å². The molecule has 13 heteroatoms. The Kier molecular flexibility index (Phi) is 7.84. The average molecular weight is 557 g/mol. The van der Waals surface area contributed by atoms with E-state index < -0.39 is 29.0 Å². The Morgan fingerprint density at radius 3 is 2.40 bits per heavy atom. The van der Waals surface area contributed by atoms with E-state index in [0.29, 0.717) is 5.75 Å². The standard InChI is InChI=1S/C27H27F3N6O4/c1-4-26(13-22(37)36(16-26)14-17-5-11-20(40-3)12-6-17)25(39)33-32-24(38)21-15-35(2)34-23(21)31-19-9-7-18(8-10-19)27(28,29)30/h4-12,15H,1,13-14,16H2,2-3H3,(H,31,34)(H,32,38)(H,33,39). The molecule has 0 spiro atoms. The fourth-order valence-electron chi connectivity index (χ4n) is 4.27. The predicted molar refractivity (Wildman–Crippen MR) is 139 cm³/mol. The van der Waals surface area contributed by atoms with Crippen molar-refractivity contribution in [3.8, 4) is 5.75 Å². The Morgan fingerprint density at radius 1 is 1.12 bits per heavy atom. The van der Waals surface area contributed by atoms with Gasteiger partial charge < -0.3 is 15.0 Å². The lowest BCUT2D eigenvalue weighted by atomic mass is 9.86. The molecule has 210 valence electrons. The molecule has 1 saturated heterocycles. The molecule has 3 aromatic rings. The quantitative estimate of drug-likeness (QED) is 0.289. The molecule has 3 amide bonds. The number of aromatic nitrogens is 2. The largest absolute Gasteiger partial charge is 0.497 e. The number of halogens is 3. The van der Waals surface area contributed by atoms with Gasteiger partial charge in [-0.25, -0.2) is 0 Å². The van der Waals surface area contributed by atoms with E-state index in [1.165, 1.54) is 34.0 Å². The summed E-state index contributed by atoms with van der Waals surface area (Å²) in [6.45, 7) is 4.09. The molecule has 10 nitrogen and oxygen atoms in total. The first-order valence-electron chi connectivity index (χ1n) is 12.1. The number of methoxy groups -OCH3 is 1. The molecular formula is C27H27F3N6O4. The zero-order chi connectivity index (χ0) is 29.1. The second-order valence-electron chi connectivity index (χ2n) is 9.31. The number of rotatable bonds is 8. The fourth-order valence-corrected chi connectivity index (χ4v) is 4.27. The molecule has 40 heavy (non-hydrogen) atoms.